The molecule has 0 aromatic carbocycles. The molecule has 1 heteroatoms. The first-order valence-electron chi connectivity index (χ1n) is 4.37. The number of rotatable bonds is 0. The van der Waals surface area contributed by atoms with E-state index in [1.165, 1.54) is 12.8 Å². The predicted octanol–water partition coefficient (Wildman–Crippen LogP) is 2.30. The van der Waals surface area contributed by atoms with Gasteiger partial charge in [-0.05, 0) is 19.8 Å². The third-order valence-corrected chi connectivity index (χ3v) is 2.49. The maximum Gasteiger partial charge on any atom is 0.0825 e. The summed E-state index contributed by atoms with van der Waals surface area (Å²) in [6.07, 6.45) is 11.9. The molecule has 0 bridgehead atoms. The van der Waals surface area contributed by atoms with Crippen molar-refractivity contribution in [3.63, 3.8) is 0 Å². The molecule has 0 N–H and O–H groups in total. The lowest BCUT2D eigenvalue weighted by Gasteiger charge is -2.33. The molecule has 11 heavy (non-hydrogen) atoms. The SMILES string of the molecule is CC1CCC2C=CC=CC2O1. The van der Waals surface area contributed by atoms with Crippen molar-refractivity contribution < 1.29 is 4.74 Å². The van der Waals surface area contributed by atoms with Crippen molar-refractivity contribution in [1.82, 2.24) is 0 Å². The molecule has 0 aromatic rings. The standard InChI is InChI=1S/C10H14O/c1-8-6-7-9-4-2-3-5-10(9)11-8/h2-5,8-10H,6-7H2,1H3. The summed E-state index contributed by atoms with van der Waals surface area (Å²) in [7, 11) is 0. The molecule has 0 radical (unpaired) electrons. The molecule has 3 unspecified atom stereocenters. The van der Waals surface area contributed by atoms with Crippen molar-refractivity contribution in [3.8, 4) is 0 Å². The lowest BCUT2D eigenvalue weighted by molar-refractivity contribution is -0.0370. The molecule has 1 saturated heterocycles. The van der Waals surface area contributed by atoms with E-state index in [4.69, 9.17) is 4.74 Å². The summed E-state index contributed by atoms with van der Waals surface area (Å²) in [5, 5.41) is 0. The second kappa shape index (κ2) is 2.82. The van der Waals surface area contributed by atoms with E-state index in [-0.39, 0.29) is 0 Å². The van der Waals surface area contributed by atoms with Crippen LogP contribution in [0.1, 0.15) is 19.8 Å². The molecule has 0 spiro atoms. The smallest absolute Gasteiger partial charge is 0.0825 e. The van der Waals surface area contributed by atoms with E-state index in [2.05, 4.69) is 31.2 Å². The van der Waals surface area contributed by atoms with E-state index in [1.54, 1.807) is 0 Å². The highest BCUT2D eigenvalue weighted by molar-refractivity contribution is 5.16. The highest BCUT2D eigenvalue weighted by atomic mass is 16.5. The number of allylic oxidation sites excluding steroid dienone is 2. The van der Waals surface area contributed by atoms with E-state index < -0.39 is 0 Å². The topological polar surface area (TPSA) is 9.23 Å². The van der Waals surface area contributed by atoms with Crippen LogP contribution in [0.3, 0.4) is 0 Å². The Balaban J connectivity index is 2.07. The van der Waals surface area contributed by atoms with Crippen molar-refractivity contribution in [3.05, 3.63) is 24.3 Å². The van der Waals surface area contributed by atoms with Gasteiger partial charge in [0.1, 0.15) is 0 Å². The summed E-state index contributed by atoms with van der Waals surface area (Å²) in [6, 6.07) is 0. The molecule has 0 amide bonds. The zero-order valence-electron chi connectivity index (χ0n) is 6.86. The number of hydrogen-bond acceptors (Lipinski definition) is 1. The molecule has 1 aliphatic heterocycles. The summed E-state index contributed by atoms with van der Waals surface area (Å²) >= 11 is 0. The third kappa shape index (κ3) is 1.38. The molecule has 1 aliphatic carbocycles. The average molecular weight is 150 g/mol. The minimum Gasteiger partial charge on any atom is -0.371 e. The Morgan fingerprint density at radius 2 is 2.00 bits per heavy atom. The molecule has 0 aromatic heterocycles. The Morgan fingerprint density at radius 3 is 2.91 bits per heavy atom. The van der Waals surface area contributed by atoms with Gasteiger partial charge in [-0.25, -0.2) is 0 Å². The highest BCUT2D eigenvalue weighted by Crippen LogP contribution is 2.28. The monoisotopic (exact) mass is 150 g/mol. The zero-order valence-corrected chi connectivity index (χ0v) is 6.86. The van der Waals surface area contributed by atoms with Gasteiger partial charge in [0.05, 0.1) is 12.2 Å². The van der Waals surface area contributed by atoms with Gasteiger partial charge in [0.25, 0.3) is 0 Å². The largest absolute Gasteiger partial charge is 0.371 e. The molecule has 1 heterocycles. The minimum absolute atomic E-state index is 0.365. The molecule has 3 atom stereocenters. The maximum absolute atomic E-state index is 5.75. The summed E-state index contributed by atoms with van der Waals surface area (Å²) in [5.41, 5.74) is 0. The van der Waals surface area contributed by atoms with Crippen LogP contribution < -0.4 is 0 Å². The summed E-state index contributed by atoms with van der Waals surface area (Å²) in [6.45, 7) is 2.16. The first-order chi connectivity index (χ1) is 5.36. The van der Waals surface area contributed by atoms with Gasteiger partial charge in [0.15, 0.2) is 0 Å². The van der Waals surface area contributed by atoms with Crippen LogP contribution in [0.5, 0.6) is 0 Å². The lowest BCUT2D eigenvalue weighted by atomic mass is 9.89. The molecule has 60 valence electrons. The Hall–Kier alpha value is -0.560. The van der Waals surface area contributed by atoms with Gasteiger partial charge in [-0.3, -0.25) is 0 Å². The predicted molar refractivity (Wildman–Crippen MR) is 45.3 cm³/mol. The van der Waals surface area contributed by atoms with Crippen LogP contribution in [0.2, 0.25) is 0 Å². The van der Waals surface area contributed by atoms with Crippen LogP contribution in [-0.2, 0) is 4.74 Å². The van der Waals surface area contributed by atoms with Crippen LogP contribution in [0.4, 0.5) is 0 Å². The van der Waals surface area contributed by atoms with Crippen LogP contribution in [0.15, 0.2) is 24.3 Å². The quantitative estimate of drug-likeness (QED) is 0.515. The van der Waals surface area contributed by atoms with Crippen LogP contribution in [0.25, 0.3) is 0 Å². The summed E-state index contributed by atoms with van der Waals surface area (Å²) < 4.78 is 5.75. The summed E-state index contributed by atoms with van der Waals surface area (Å²) in [5.74, 6) is 0.649. The fourth-order valence-corrected chi connectivity index (χ4v) is 1.80. The maximum atomic E-state index is 5.75. The molecule has 0 saturated carbocycles. The zero-order chi connectivity index (χ0) is 7.68. The Labute approximate surface area is 67.7 Å². The Bertz CT molecular complexity index is 193. The van der Waals surface area contributed by atoms with E-state index >= 15 is 0 Å². The Morgan fingerprint density at radius 1 is 1.18 bits per heavy atom. The van der Waals surface area contributed by atoms with Crippen molar-refractivity contribution >= 4 is 0 Å². The molecule has 1 fully saturated rings. The molecule has 2 aliphatic rings. The van der Waals surface area contributed by atoms with E-state index in [1.807, 2.05) is 0 Å². The molecule has 1 nitrogen and oxygen atoms in total. The van der Waals surface area contributed by atoms with Crippen LogP contribution >= 0.6 is 0 Å². The fraction of sp³-hybridized carbons (Fsp3) is 0.600. The highest BCUT2D eigenvalue weighted by Gasteiger charge is 2.26. The number of fused-ring (bicyclic) bond motifs is 1. The lowest BCUT2D eigenvalue weighted by Crippen LogP contribution is -2.32. The minimum atomic E-state index is 0.365. The molecular formula is C10H14O. The van der Waals surface area contributed by atoms with Crippen molar-refractivity contribution in [2.45, 2.75) is 32.0 Å². The van der Waals surface area contributed by atoms with Crippen LogP contribution in [-0.4, -0.2) is 12.2 Å². The first-order valence-corrected chi connectivity index (χ1v) is 4.37. The van der Waals surface area contributed by atoms with Crippen molar-refractivity contribution in [1.29, 1.82) is 0 Å². The second-order valence-corrected chi connectivity index (χ2v) is 3.42. The normalized spacial score (nSPS) is 42.1. The number of hydrogen-bond donors (Lipinski definition) is 0. The average Bonchev–Trinajstić information content (AvgIpc) is 2.04. The van der Waals surface area contributed by atoms with Gasteiger partial charge in [-0.1, -0.05) is 24.3 Å². The van der Waals surface area contributed by atoms with E-state index in [0.29, 0.717) is 18.1 Å². The van der Waals surface area contributed by atoms with Gasteiger partial charge < -0.3 is 4.74 Å². The third-order valence-electron chi connectivity index (χ3n) is 2.49. The summed E-state index contributed by atoms with van der Waals surface area (Å²) in [4.78, 5) is 0. The molecular weight excluding hydrogens is 136 g/mol. The first kappa shape index (κ1) is 7.11. The van der Waals surface area contributed by atoms with E-state index in [0.717, 1.165) is 0 Å². The fourth-order valence-electron chi connectivity index (χ4n) is 1.80. The van der Waals surface area contributed by atoms with Crippen molar-refractivity contribution in [2.24, 2.45) is 5.92 Å². The number of ether oxygens (including phenoxy) is 1. The van der Waals surface area contributed by atoms with Crippen LogP contribution in [0, 0.1) is 5.92 Å². The van der Waals surface area contributed by atoms with E-state index in [9.17, 15) is 0 Å². The molecule has 2 rings (SSSR count). The van der Waals surface area contributed by atoms with Gasteiger partial charge in [-0.2, -0.15) is 0 Å². The van der Waals surface area contributed by atoms with Crippen molar-refractivity contribution in [2.75, 3.05) is 0 Å². The second-order valence-electron chi connectivity index (χ2n) is 3.42. The van der Waals surface area contributed by atoms with Gasteiger partial charge in [-0.15, -0.1) is 0 Å². The Kier molecular flexibility index (Phi) is 1.82. The van der Waals surface area contributed by atoms with Gasteiger partial charge in [0, 0.05) is 5.92 Å². The van der Waals surface area contributed by atoms with Gasteiger partial charge >= 0.3 is 0 Å². The van der Waals surface area contributed by atoms with Gasteiger partial charge in [0.2, 0.25) is 0 Å².